The SMILES string of the molecule is COC(=O)c1ccc(NCC(=O)NCCc2ccc(OC)cc2)cc1. The van der Waals surface area contributed by atoms with Crippen LogP contribution < -0.4 is 15.4 Å². The molecule has 0 aliphatic heterocycles. The van der Waals surface area contributed by atoms with E-state index in [-0.39, 0.29) is 18.4 Å². The van der Waals surface area contributed by atoms with E-state index in [1.165, 1.54) is 7.11 Å². The van der Waals surface area contributed by atoms with Gasteiger partial charge in [-0.3, -0.25) is 4.79 Å². The van der Waals surface area contributed by atoms with Crippen LogP contribution in [-0.4, -0.2) is 39.2 Å². The Morgan fingerprint density at radius 3 is 2.24 bits per heavy atom. The molecule has 0 aromatic heterocycles. The molecule has 0 saturated carbocycles. The number of hydrogen-bond acceptors (Lipinski definition) is 5. The van der Waals surface area contributed by atoms with Gasteiger partial charge in [-0.15, -0.1) is 0 Å². The third-order valence-corrected chi connectivity index (χ3v) is 3.65. The van der Waals surface area contributed by atoms with Crippen LogP contribution in [-0.2, 0) is 16.0 Å². The lowest BCUT2D eigenvalue weighted by atomic mass is 10.1. The Hall–Kier alpha value is -3.02. The number of amides is 1. The van der Waals surface area contributed by atoms with Gasteiger partial charge in [0.25, 0.3) is 0 Å². The summed E-state index contributed by atoms with van der Waals surface area (Å²) in [7, 11) is 2.97. The topological polar surface area (TPSA) is 76.7 Å². The van der Waals surface area contributed by atoms with Gasteiger partial charge < -0.3 is 20.1 Å². The van der Waals surface area contributed by atoms with Crippen LogP contribution in [0.2, 0.25) is 0 Å². The van der Waals surface area contributed by atoms with E-state index >= 15 is 0 Å². The van der Waals surface area contributed by atoms with Gasteiger partial charge in [-0.2, -0.15) is 0 Å². The third-order valence-electron chi connectivity index (χ3n) is 3.65. The van der Waals surface area contributed by atoms with Crippen molar-refractivity contribution in [1.29, 1.82) is 0 Å². The zero-order valence-corrected chi connectivity index (χ0v) is 14.4. The molecule has 0 radical (unpaired) electrons. The minimum absolute atomic E-state index is 0.0921. The van der Waals surface area contributed by atoms with Gasteiger partial charge in [0.05, 0.1) is 26.3 Å². The summed E-state index contributed by atoms with van der Waals surface area (Å²) in [5, 5.41) is 5.87. The van der Waals surface area contributed by atoms with E-state index in [0.29, 0.717) is 12.1 Å². The molecule has 2 aromatic rings. The van der Waals surface area contributed by atoms with E-state index in [2.05, 4.69) is 15.4 Å². The van der Waals surface area contributed by atoms with Crippen LogP contribution in [0, 0.1) is 0 Å². The number of hydrogen-bond donors (Lipinski definition) is 2. The summed E-state index contributed by atoms with van der Waals surface area (Å²) in [6, 6.07) is 14.5. The molecule has 2 aromatic carbocycles. The maximum absolute atomic E-state index is 11.9. The highest BCUT2D eigenvalue weighted by molar-refractivity contribution is 5.89. The summed E-state index contributed by atoms with van der Waals surface area (Å²) in [6.45, 7) is 0.730. The number of benzene rings is 2. The molecule has 132 valence electrons. The molecule has 0 bridgehead atoms. The largest absolute Gasteiger partial charge is 0.497 e. The highest BCUT2D eigenvalue weighted by Gasteiger charge is 2.05. The molecule has 0 saturated heterocycles. The average Bonchev–Trinajstić information content (AvgIpc) is 2.66. The summed E-state index contributed by atoms with van der Waals surface area (Å²) >= 11 is 0. The Labute approximate surface area is 147 Å². The highest BCUT2D eigenvalue weighted by Crippen LogP contribution is 2.11. The van der Waals surface area contributed by atoms with Gasteiger partial charge in [-0.05, 0) is 48.4 Å². The van der Waals surface area contributed by atoms with Gasteiger partial charge in [0.1, 0.15) is 5.75 Å². The molecule has 2 rings (SSSR count). The van der Waals surface area contributed by atoms with E-state index in [9.17, 15) is 9.59 Å². The minimum Gasteiger partial charge on any atom is -0.497 e. The summed E-state index contributed by atoms with van der Waals surface area (Å²) in [6.07, 6.45) is 0.754. The van der Waals surface area contributed by atoms with Gasteiger partial charge in [0.2, 0.25) is 5.91 Å². The van der Waals surface area contributed by atoms with Gasteiger partial charge >= 0.3 is 5.97 Å². The quantitative estimate of drug-likeness (QED) is 0.720. The summed E-state index contributed by atoms with van der Waals surface area (Å²) in [5.74, 6) is 0.337. The van der Waals surface area contributed by atoms with Crippen molar-refractivity contribution in [1.82, 2.24) is 5.32 Å². The van der Waals surface area contributed by atoms with Gasteiger partial charge in [-0.1, -0.05) is 12.1 Å². The van der Waals surface area contributed by atoms with Crippen LogP contribution in [0.15, 0.2) is 48.5 Å². The molecule has 0 aliphatic rings. The van der Waals surface area contributed by atoms with E-state index in [4.69, 9.17) is 4.74 Å². The van der Waals surface area contributed by atoms with Crippen LogP contribution in [0.3, 0.4) is 0 Å². The Balaban J connectivity index is 1.70. The lowest BCUT2D eigenvalue weighted by Crippen LogP contribution is -2.31. The van der Waals surface area contributed by atoms with Crippen LogP contribution in [0.5, 0.6) is 5.75 Å². The fraction of sp³-hybridized carbons (Fsp3) is 0.263. The second kappa shape index (κ2) is 9.32. The smallest absolute Gasteiger partial charge is 0.337 e. The van der Waals surface area contributed by atoms with Crippen molar-refractivity contribution in [2.45, 2.75) is 6.42 Å². The zero-order valence-electron chi connectivity index (χ0n) is 14.4. The van der Waals surface area contributed by atoms with Crippen molar-refractivity contribution >= 4 is 17.6 Å². The normalized spacial score (nSPS) is 10.0. The standard InChI is InChI=1S/C19H22N2O4/c1-24-17-9-3-14(4-10-17)11-12-20-18(22)13-21-16-7-5-15(6-8-16)19(23)25-2/h3-10,21H,11-13H2,1-2H3,(H,20,22). The molecule has 2 N–H and O–H groups in total. The Kier molecular flexibility index (Phi) is 6.83. The lowest BCUT2D eigenvalue weighted by molar-refractivity contribution is -0.119. The van der Waals surface area contributed by atoms with Crippen molar-refractivity contribution < 1.29 is 19.1 Å². The second-order valence-electron chi connectivity index (χ2n) is 5.37. The highest BCUT2D eigenvalue weighted by atomic mass is 16.5. The Morgan fingerprint density at radius 1 is 0.960 bits per heavy atom. The fourth-order valence-corrected chi connectivity index (χ4v) is 2.23. The fourth-order valence-electron chi connectivity index (χ4n) is 2.23. The third kappa shape index (κ3) is 5.84. The summed E-state index contributed by atoms with van der Waals surface area (Å²) in [4.78, 5) is 23.2. The first-order valence-electron chi connectivity index (χ1n) is 7.94. The number of carbonyl (C=O) groups is 2. The Morgan fingerprint density at radius 2 is 1.64 bits per heavy atom. The van der Waals surface area contributed by atoms with Crippen molar-refractivity contribution in [2.75, 3.05) is 32.6 Å². The van der Waals surface area contributed by atoms with Crippen LogP contribution in [0.4, 0.5) is 5.69 Å². The molecule has 0 atom stereocenters. The van der Waals surface area contributed by atoms with E-state index in [1.54, 1.807) is 31.4 Å². The van der Waals surface area contributed by atoms with E-state index in [0.717, 1.165) is 23.4 Å². The number of esters is 1. The molecule has 25 heavy (non-hydrogen) atoms. The van der Waals surface area contributed by atoms with Gasteiger partial charge in [-0.25, -0.2) is 4.79 Å². The maximum atomic E-state index is 11.9. The molecule has 0 heterocycles. The maximum Gasteiger partial charge on any atom is 0.337 e. The Bertz CT molecular complexity index is 696. The van der Waals surface area contributed by atoms with Crippen molar-refractivity contribution in [3.63, 3.8) is 0 Å². The number of nitrogens with one attached hydrogen (secondary N) is 2. The van der Waals surface area contributed by atoms with Crippen molar-refractivity contribution in [2.24, 2.45) is 0 Å². The second-order valence-corrected chi connectivity index (χ2v) is 5.37. The first-order chi connectivity index (χ1) is 12.1. The molecule has 0 spiro atoms. The molecule has 0 fully saturated rings. The predicted molar refractivity (Wildman–Crippen MR) is 96.0 cm³/mol. The number of carbonyl (C=O) groups excluding carboxylic acids is 2. The molecule has 6 nitrogen and oxygen atoms in total. The molecule has 0 unspecified atom stereocenters. The van der Waals surface area contributed by atoms with Gasteiger partial charge in [0, 0.05) is 12.2 Å². The van der Waals surface area contributed by atoms with Crippen LogP contribution >= 0.6 is 0 Å². The first-order valence-corrected chi connectivity index (χ1v) is 7.94. The number of anilines is 1. The van der Waals surface area contributed by atoms with Crippen molar-refractivity contribution in [3.05, 3.63) is 59.7 Å². The van der Waals surface area contributed by atoms with Crippen LogP contribution in [0.25, 0.3) is 0 Å². The molecule has 0 aliphatic carbocycles. The molecule has 6 heteroatoms. The summed E-state index contributed by atoms with van der Waals surface area (Å²) in [5.41, 5.74) is 2.36. The average molecular weight is 342 g/mol. The first kappa shape index (κ1) is 18.3. The molecular weight excluding hydrogens is 320 g/mol. The lowest BCUT2D eigenvalue weighted by Gasteiger charge is -2.09. The number of ether oxygens (including phenoxy) is 2. The minimum atomic E-state index is -0.386. The number of rotatable bonds is 8. The van der Waals surface area contributed by atoms with Gasteiger partial charge in [0.15, 0.2) is 0 Å². The monoisotopic (exact) mass is 342 g/mol. The predicted octanol–water partition coefficient (Wildman–Crippen LogP) is 2.25. The zero-order chi connectivity index (χ0) is 18.1. The van der Waals surface area contributed by atoms with E-state index in [1.807, 2.05) is 24.3 Å². The number of methoxy groups -OCH3 is 2. The summed E-state index contributed by atoms with van der Waals surface area (Å²) < 4.78 is 9.75. The molecular formula is C19H22N2O4. The van der Waals surface area contributed by atoms with Crippen LogP contribution in [0.1, 0.15) is 15.9 Å². The van der Waals surface area contributed by atoms with Crippen molar-refractivity contribution in [3.8, 4) is 5.75 Å². The van der Waals surface area contributed by atoms with E-state index < -0.39 is 0 Å². The molecule has 1 amide bonds.